The van der Waals surface area contributed by atoms with Crippen LogP contribution < -0.4 is 10.6 Å². The Hall–Kier alpha value is -1.39. The number of aryl methyl sites for hydroxylation is 2. The molecule has 0 aliphatic rings. The lowest BCUT2D eigenvalue weighted by molar-refractivity contribution is 1.14. The molecule has 20 heavy (non-hydrogen) atoms. The maximum atomic E-state index is 5.37. The van der Waals surface area contributed by atoms with Gasteiger partial charge in [0.15, 0.2) is 5.11 Å². The fourth-order valence-corrected chi connectivity index (χ4v) is 2.62. The van der Waals surface area contributed by atoms with Crippen molar-refractivity contribution in [1.82, 2.24) is 0 Å². The van der Waals surface area contributed by atoms with Gasteiger partial charge in [-0.05, 0) is 67.0 Å². The van der Waals surface area contributed by atoms with Crippen LogP contribution in [0, 0.1) is 6.92 Å². The zero-order valence-corrected chi connectivity index (χ0v) is 13.9. The van der Waals surface area contributed by atoms with Crippen molar-refractivity contribution in [3.8, 4) is 0 Å². The molecule has 104 valence electrons. The van der Waals surface area contributed by atoms with Crippen LogP contribution in [0.25, 0.3) is 0 Å². The van der Waals surface area contributed by atoms with Crippen LogP contribution in [0.3, 0.4) is 0 Å². The predicted octanol–water partition coefficient (Wildman–Crippen LogP) is 5.13. The third kappa shape index (κ3) is 4.05. The summed E-state index contributed by atoms with van der Waals surface area (Å²) in [5.41, 5.74) is 4.47. The standard InChI is InChI=1S/C16H17BrN2S/c1-3-12-10-13(17)7-8-15(12)19-16(20)18-14-6-4-5-11(2)9-14/h4-10H,3H2,1-2H3,(H2,18,19,20). The van der Waals surface area contributed by atoms with Gasteiger partial charge in [0.25, 0.3) is 0 Å². The van der Waals surface area contributed by atoms with Gasteiger partial charge in [-0.2, -0.15) is 0 Å². The van der Waals surface area contributed by atoms with E-state index in [2.05, 4.69) is 58.6 Å². The fourth-order valence-electron chi connectivity index (χ4n) is 1.98. The Morgan fingerprint density at radius 1 is 1.15 bits per heavy atom. The Labute approximate surface area is 133 Å². The predicted molar refractivity (Wildman–Crippen MR) is 94.5 cm³/mol. The van der Waals surface area contributed by atoms with Gasteiger partial charge in [0.05, 0.1) is 0 Å². The second-order valence-electron chi connectivity index (χ2n) is 4.60. The summed E-state index contributed by atoms with van der Waals surface area (Å²) in [5, 5.41) is 7.07. The molecule has 0 unspecified atom stereocenters. The van der Waals surface area contributed by atoms with Crippen LogP contribution in [0.4, 0.5) is 11.4 Å². The molecule has 2 rings (SSSR count). The first-order chi connectivity index (χ1) is 9.58. The van der Waals surface area contributed by atoms with E-state index in [4.69, 9.17) is 12.2 Å². The molecule has 2 N–H and O–H groups in total. The Balaban J connectivity index is 2.08. The highest BCUT2D eigenvalue weighted by atomic mass is 79.9. The average Bonchev–Trinajstić information content (AvgIpc) is 2.40. The molecule has 0 radical (unpaired) electrons. The lowest BCUT2D eigenvalue weighted by Gasteiger charge is -2.14. The highest BCUT2D eigenvalue weighted by molar-refractivity contribution is 9.10. The van der Waals surface area contributed by atoms with Gasteiger partial charge in [-0.25, -0.2) is 0 Å². The fraction of sp³-hybridized carbons (Fsp3) is 0.188. The van der Waals surface area contributed by atoms with Crippen molar-refractivity contribution in [3.05, 3.63) is 58.1 Å². The van der Waals surface area contributed by atoms with Gasteiger partial charge in [-0.15, -0.1) is 0 Å². The van der Waals surface area contributed by atoms with Crippen LogP contribution >= 0.6 is 28.1 Å². The molecular weight excluding hydrogens is 332 g/mol. The van der Waals surface area contributed by atoms with E-state index in [-0.39, 0.29) is 0 Å². The molecule has 0 spiro atoms. The van der Waals surface area contributed by atoms with Crippen molar-refractivity contribution < 1.29 is 0 Å². The maximum Gasteiger partial charge on any atom is 0.175 e. The molecule has 0 amide bonds. The number of nitrogens with one attached hydrogen (secondary N) is 2. The van der Waals surface area contributed by atoms with E-state index in [1.807, 2.05) is 24.3 Å². The third-order valence-electron chi connectivity index (χ3n) is 2.97. The molecule has 0 saturated heterocycles. The van der Waals surface area contributed by atoms with Crippen molar-refractivity contribution >= 4 is 44.6 Å². The lowest BCUT2D eigenvalue weighted by Crippen LogP contribution is -2.19. The minimum Gasteiger partial charge on any atom is -0.332 e. The zero-order valence-electron chi connectivity index (χ0n) is 11.5. The summed E-state index contributed by atoms with van der Waals surface area (Å²) in [5.74, 6) is 0. The molecule has 0 heterocycles. The summed E-state index contributed by atoms with van der Waals surface area (Å²) in [4.78, 5) is 0. The molecule has 0 aromatic heterocycles. The van der Waals surface area contributed by atoms with E-state index in [0.29, 0.717) is 5.11 Å². The molecule has 0 bridgehead atoms. The van der Waals surface area contributed by atoms with Gasteiger partial charge in [0.2, 0.25) is 0 Å². The highest BCUT2D eigenvalue weighted by Gasteiger charge is 2.04. The largest absolute Gasteiger partial charge is 0.332 e. The van der Waals surface area contributed by atoms with E-state index in [9.17, 15) is 0 Å². The molecule has 0 fully saturated rings. The van der Waals surface area contributed by atoms with E-state index in [1.165, 1.54) is 11.1 Å². The van der Waals surface area contributed by atoms with Crippen molar-refractivity contribution in [2.24, 2.45) is 0 Å². The van der Waals surface area contributed by atoms with Gasteiger partial charge in [-0.1, -0.05) is 35.0 Å². The number of anilines is 2. The highest BCUT2D eigenvalue weighted by Crippen LogP contribution is 2.22. The molecule has 4 heteroatoms. The van der Waals surface area contributed by atoms with Gasteiger partial charge in [-0.3, -0.25) is 0 Å². The number of hydrogen-bond acceptors (Lipinski definition) is 1. The summed E-state index contributed by atoms with van der Waals surface area (Å²) in [6.07, 6.45) is 0.953. The van der Waals surface area contributed by atoms with Crippen molar-refractivity contribution in [3.63, 3.8) is 0 Å². The molecule has 0 atom stereocenters. The summed E-state index contributed by atoms with van der Waals surface area (Å²) in [7, 11) is 0. The van der Waals surface area contributed by atoms with Gasteiger partial charge in [0.1, 0.15) is 0 Å². The first-order valence-corrected chi connectivity index (χ1v) is 7.71. The van der Waals surface area contributed by atoms with Gasteiger partial charge >= 0.3 is 0 Å². The van der Waals surface area contributed by atoms with Crippen LogP contribution in [-0.4, -0.2) is 5.11 Å². The molecule has 0 aliphatic heterocycles. The van der Waals surface area contributed by atoms with Crippen LogP contribution in [0.5, 0.6) is 0 Å². The van der Waals surface area contributed by atoms with Crippen molar-refractivity contribution in [2.45, 2.75) is 20.3 Å². The van der Waals surface area contributed by atoms with Crippen LogP contribution in [0.1, 0.15) is 18.1 Å². The number of benzene rings is 2. The third-order valence-corrected chi connectivity index (χ3v) is 3.67. The monoisotopic (exact) mass is 348 g/mol. The topological polar surface area (TPSA) is 24.1 Å². The Bertz CT molecular complexity index is 626. The molecule has 2 aromatic carbocycles. The van der Waals surface area contributed by atoms with Gasteiger partial charge in [0, 0.05) is 15.8 Å². The summed E-state index contributed by atoms with van der Waals surface area (Å²) in [6.45, 7) is 4.19. The molecular formula is C16H17BrN2S. The van der Waals surface area contributed by atoms with Crippen LogP contribution in [0.2, 0.25) is 0 Å². The summed E-state index contributed by atoms with van der Waals surface area (Å²) < 4.78 is 1.08. The Kier molecular flexibility index (Phi) is 5.15. The first-order valence-electron chi connectivity index (χ1n) is 6.51. The van der Waals surface area contributed by atoms with E-state index < -0.39 is 0 Å². The lowest BCUT2D eigenvalue weighted by atomic mass is 10.1. The minimum absolute atomic E-state index is 0.604. The number of hydrogen-bond donors (Lipinski definition) is 2. The maximum absolute atomic E-state index is 5.37. The number of halogens is 1. The van der Waals surface area contributed by atoms with Crippen molar-refractivity contribution in [2.75, 3.05) is 10.6 Å². The summed E-state index contributed by atoms with van der Waals surface area (Å²) in [6, 6.07) is 14.3. The molecule has 0 aliphatic carbocycles. The van der Waals surface area contributed by atoms with Crippen molar-refractivity contribution in [1.29, 1.82) is 0 Å². The quantitative estimate of drug-likeness (QED) is 0.752. The van der Waals surface area contributed by atoms with Gasteiger partial charge < -0.3 is 10.6 Å². The Morgan fingerprint density at radius 3 is 2.65 bits per heavy atom. The average molecular weight is 349 g/mol. The normalized spacial score (nSPS) is 10.2. The Morgan fingerprint density at radius 2 is 1.95 bits per heavy atom. The van der Waals surface area contributed by atoms with Crippen LogP contribution in [0.15, 0.2) is 46.9 Å². The van der Waals surface area contributed by atoms with E-state index in [0.717, 1.165) is 22.3 Å². The molecule has 2 nitrogen and oxygen atoms in total. The second-order valence-corrected chi connectivity index (χ2v) is 5.93. The van der Waals surface area contributed by atoms with E-state index in [1.54, 1.807) is 0 Å². The first kappa shape index (κ1) is 15.0. The number of thiocarbonyl (C=S) groups is 1. The molecule has 2 aromatic rings. The second kappa shape index (κ2) is 6.86. The smallest absolute Gasteiger partial charge is 0.175 e. The zero-order chi connectivity index (χ0) is 14.5. The number of rotatable bonds is 3. The van der Waals surface area contributed by atoms with Crippen LogP contribution in [-0.2, 0) is 6.42 Å². The minimum atomic E-state index is 0.604. The molecule has 0 saturated carbocycles. The summed E-state index contributed by atoms with van der Waals surface area (Å²) >= 11 is 8.86. The van der Waals surface area contributed by atoms with E-state index >= 15 is 0 Å². The SMILES string of the molecule is CCc1cc(Br)ccc1NC(=S)Nc1cccc(C)c1.